The Morgan fingerprint density at radius 3 is 2.65 bits per heavy atom. The molecule has 0 unspecified atom stereocenters. The fourth-order valence-electron chi connectivity index (χ4n) is 3.45. The molecule has 0 bridgehead atoms. The molecule has 0 aromatic heterocycles. The van der Waals surface area contributed by atoms with Crippen molar-refractivity contribution < 1.29 is 14.2 Å². The van der Waals surface area contributed by atoms with Gasteiger partial charge in [0.2, 0.25) is 0 Å². The van der Waals surface area contributed by atoms with Gasteiger partial charge in [-0.2, -0.15) is 0 Å². The second-order valence-electron chi connectivity index (χ2n) is 6.65. The van der Waals surface area contributed by atoms with Crippen molar-refractivity contribution in [3.63, 3.8) is 0 Å². The van der Waals surface area contributed by atoms with E-state index in [2.05, 4.69) is 17.4 Å². The molecule has 128 valence electrons. The molecule has 3 rings (SSSR count). The van der Waals surface area contributed by atoms with E-state index >= 15 is 0 Å². The zero-order valence-corrected chi connectivity index (χ0v) is 14.2. The predicted molar refractivity (Wildman–Crippen MR) is 91.2 cm³/mol. The summed E-state index contributed by atoms with van der Waals surface area (Å²) in [7, 11) is 1.70. The van der Waals surface area contributed by atoms with E-state index in [-0.39, 0.29) is 6.10 Å². The maximum Gasteiger partial charge on any atom is 0.161 e. The average molecular weight is 319 g/mol. The molecular weight excluding hydrogens is 290 g/mol. The Bertz CT molecular complexity index is 480. The van der Waals surface area contributed by atoms with Gasteiger partial charge in [-0.3, -0.25) is 0 Å². The summed E-state index contributed by atoms with van der Waals surface area (Å²) in [6.45, 7) is 2.36. The molecule has 1 aromatic rings. The van der Waals surface area contributed by atoms with Gasteiger partial charge in [-0.15, -0.1) is 0 Å². The first-order valence-corrected chi connectivity index (χ1v) is 9.00. The van der Waals surface area contributed by atoms with E-state index in [0.717, 1.165) is 31.1 Å². The molecular formula is C19H29NO3. The van der Waals surface area contributed by atoms with E-state index in [1.165, 1.54) is 44.1 Å². The van der Waals surface area contributed by atoms with Crippen LogP contribution in [0.1, 0.15) is 50.5 Å². The minimum atomic E-state index is 0.220. The molecule has 1 aliphatic heterocycles. The van der Waals surface area contributed by atoms with Gasteiger partial charge < -0.3 is 19.5 Å². The number of benzene rings is 1. The van der Waals surface area contributed by atoms with Gasteiger partial charge in [0.25, 0.3) is 0 Å². The van der Waals surface area contributed by atoms with Crippen molar-refractivity contribution in [3.05, 3.63) is 23.8 Å². The van der Waals surface area contributed by atoms with E-state index in [1.54, 1.807) is 7.11 Å². The predicted octanol–water partition coefficient (Wildman–Crippen LogP) is 3.68. The van der Waals surface area contributed by atoms with E-state index in [1.807, 2.05) is 6.07 Å². The van der Waals surface area contributed by atoms with E-state index in [4.69, 9.17) is 14.2 Å². The summed E-state index contributed by atoms with van der Waals surface area (Å²) in [4.78, 5) is 0. The fraction of sp³-hybridized carbons (Fsp3) is 0.684. The van der Waals surface area contributed by atoms with E-state index in [9.17, 15) is 0 Å². The Labute approximate surface area is 139 Å². The standard InChI is InChI=1S/C19H29NO3/c1-21-19-12-15(13-20-16-6-2-3-7-16)9-10-18(19)23-14-17-8-4-5-11-22-17/h9-10,12,16-17,20H,2-8,11,13-14H2,1H3/t17-/m1/s1. The van der Waals surface area contributed by atoms with Gasteiger partial charge in [0.05, 0.1) is 13.2 Å². The average Bonchev–Trinajstić information content (AvgIpc) is 3.13. The van der Waals surface area contributed by atoms with E-state index in [0.29, 0.717) is 12.6 Å². The third kappa shape index (κ3) is 4.85. The molecule has 0 amide bonds. The molecule has 1 saturated carbocycles. The monoisotopic (exact) mass is 319 g/mol. The number of nitrogens with one attached hydrogen (secondary N) is 1. The van der Waals surface area contributed by atoms with Crippen LogP contribution >= 0.6 is 0 Å². The highest BCUT2D eigenvalue weighted by atomic mass is 16.5. The van der Waals surface area contributed by atoms with Crippen LogP contribution in [0.15, 0.2) is 18.2 Å². The molecule has 1 N–H and O–H groups in total. The maximum atomic E-state index is 5.93. The lowest BCUT2D eigenvalue weighted by Crippen LogP contribution is -2.26. The van der Waals surface area contributed by atoms with Gasteiger partial charge in [0, 0.05) is 19.2 Å². The van der Waals surface area contributed by atoms with Crippen molar-refractivity contribution in [2.45, 2.75) is 63.6 Å². The first-order valence-electron chi connectivity index (χ1n) is 9.00. The molecule has 2 aliphatic rings. The maximum absolute atomic E-state index is 5.93. The first-order chi connectivity index (χ1) is 11.3. The van der Waals surface area contributed by atoms with Crippen LogP contribution in [-0.2, 0) is 11.3 Å². The Morgan fingerprint density at radius 1 is 1.09 bits per heavy atom. The van der Waals surface area contributed by atoms with Crippen LogP contribution in [0.3, 0.4) is 0 Å². The SMILES string of the molecule is COc1cc(CNC2CCCC2)ccc1OC[C@H]1CCCCO1. The first kappa shape index (κ1) is 16.6. The molecule has 23 heavy (non-hydrogen) atoms. The third-order valence-electron chi connectivity index (χ3n) is 4.88. The minimum absolute atomic E-state index is 0.220. The van der Waals surface area contributed by atoms with Gasteiger partial charge in [-0.1, -0.05) is 18.9 Å². The van der Waals surface area contributed by atoms with Crippen molar-refractivity contribution in [2.75, 3.05) is 20.3 Å². The Hall–Kier alpha value is -1.26. The zero-order valence-electron chi connectivity index (χ0n) is 14.2. The molecule has 0 spiro atoms. The lowest BCUT2D eigenvalue weighted by atomic mass is 10.1. The van der Waals surface area contributed by atoms with Crippen LogP contribution in [0, 0.1) is 0 Å². The van der Waals surface area contributed by atoms with Gasteiger partial charge in [0.15, 0.2) is 11.5 Å². The molecule has 1 aliphatic carbocycles. The number of hydrogen-bond donors (Lipinski definition) is 1. The summed E-state index contributed by atoms with van der Waals surface area (Å²) in [5.74, 6) is 1.62. The van der Waals surface area contributed by atoms with Crippen molar-refractivity contribution in [2.24, 2.45) is 0 Å². The van der Waals surface area contributed by atoms with Gasteiger partial charge in [-0.25, -0.2) is 0 Å². The van der Waals surface area contributed by atoms with Crippen LogP contribution in [0.25, 0.3) is 0 Å². The lowest BCUT2D eigenvalue weighted by Gasteiger charge is -2.23. The molecule has 2 fully saturated rings. The molecule has 4 nitrogen and oxygen atoms in total. The third-order valence-corrected chi connectivity index (χ3v) is 4.88. The summed E-state index contributed by atoms with van der Waals surface area (Å²) >= 11 is 0. The number of hydrogen-bond acceptors (Lipinski definition) is 4. The number of rotatable bonds is 7. The molecule has 4 heteroatoms. The molecule has 1 saturated heterocycles. The minimum Gasteiger partial charge on any atom is -0.493 e. The summed E-state index contributed by atoms with van der Waals surface area (Å²) in [5, 5.41) is 3.64. The van der Waals surface area contributed by atoms with Crippen molar-refractivity contribution >= 4 is 0 Å². The van der Waals surface area contributed by atoms with Gasteiger partial charge >= 0.3 is 0 Å². The smallest absolute Gasteiger partial charge is 0.161 e. The number of ether oxygens (including phenoxy) is 3. The molecule has 1 aromatic carbocycles. The van der Waals surface area contributed by atoms with E-state index < -0.39 is 0 Å². The topological polar surface area (TPSA) is 39.7 Å². The Kier molecular flexibility index (Phi) is 6.17. The molecule has 1 heterocycles. The fourth-order valence-corrected chi connectivity index (χ4v) is 3.45. The highest BCUT2D eigenvalue weighted by Gasteiger charge is 2.17. The second kappa shape index (κ2) is 8.55. The van der Waals surface area contributed by atoms with Crippen LogP contribution in [-0.4, -0.2) is 32.5 Å². The van der Waals surface area contributed by atoms with Crippen molar-refractivity contribution in [1.82, 2.24) is 5.32 Å². The van der Waals surface area contributed by atoms with Gasteiger partial charge in [0.1, 0.15) is 6.61 Å². The highest BCUT2D eigenvalue weighted by Crippen LogP contribution is 2.29. The summed E-state index contributed by atoms with van der Waals surface area (Å²) < 4.78 is 17.2. The van der Waals surface area contributed by atoms with Crippen molar-refractivity contribution in [3.8, 4) is 11.5 Å². The van der Waals surface area contributed by atoms with Crippen molar-refractivity contribution in [1.29, 1.82) is 0 Å². The number of methoxy groups -OCH3 is 1. The highest BCUT2D eigenvalue weighted by molar-refractivity contribution is 5.43. The Balaban J connectivity index is 1.53. The summed E-state index contributed by atoms with van der Waals surface area (Å²) in [5.41, 5.74) is 1.25. The van der Waals surface area contributed by atoms with Crippen LogP contribution in [0.5, 0.6) is 11.5 Å². The van der Waals surface area contributed by atoms with Crippen LogP contribution < -0.4 is 14.8 Å². The van der Waals surface area contributed by atoms with Gasteiger partial charge in [-0.05, 0) is 49.8 Å². The normalized spacial score (nSPS) is 22.2. The lowest BCUT2D eigenvalue weighted by molar-refractivity contribution is -0.0114. The molecule has 1 atom stereocenters. The summed E-state index contributed by atoms with van der Waals surface area (Å²) in [6.07, 6.45) is 9.04. The summed E-state index contributed by atoms with van der Waals surface area (Å²) in [6, 6.07) is 6.91. The quantitative estimate of drug-likeness (QED) is 0.832. The zero-order chi connectivity index (χ0) is 15.9. The largest absolute Gasteiger partial charge is 0.493 e. The second-order valence-corrected chi connectivity index (χ2v) is 6.65. The van der Waals surface area contributed by atoms with Crippen LogP contribution in [0.2, 0.25) is 0 Å². The Morgan fingerprint density at radius 2 is 1.91 bits per heavy atom. The molecule has 0 radical (unpaired) electrons. The van der Waals surface area contributed by atoms with Crippen LogP contribution in [0.4, 0.5) is 0 Å².